The fourth-order valence-corrected chi connectivity index (χ4v) is 2.84. The molecule has 0 unspecified atom stereocenters. The molecule has 1 rings (SSSR count). The van der Waals surface area contributed by atoms with E-state index in [4.69, 9.17) is 15.0 Å². The predicted molar refractivity (Wildman–Crippen MR) is 97.0 cm³/mol. The predicted octanol–water partition coefficient (Wildman–Crippen LogP) is 2.69. The van der Waals surface area contributed by atoms with Crippen molar-refractivity contribution >= 4 is 29.9 Å². The molecular formula is C17H23N3O4S. The van der Waals surface area contributed by atoms with Crippen LogP contribution in [0.4, 0.5) is 4.79 Å². The summed E-state index contributed by atoms with van der Waals surface area (Å²) in [4.78, 5) is 26.6. The number of amides is 1. The molecule has 1 N–H and O–H groups in total. The van der Waals surface area contributed by atoms with E-state index in [1.807, 2.05) is 24.3 Å². The molecular weight excluding hydrogens is 342 g/mol. The molecule has 0 heterocycles. The number of rotatable bonds is 8. The number of carbonyl (C=O) groups excluding carboxylic acids is 2. The van der Waals surface area contributed by atoms with Gasteiger partial charge in [0, 0.05) is 11.5 Å². The highest BCUT2D eigenvalue weighted by Gasteiger charge is 2.25. The maximum Gasteiger partial charge on any atom is 0.408 e. The minimum Gasteiger partial charge on any atom is -0.497 e. The van der Waals surface area contributed by atoms with E-state index in [1.54, 1.807) is 27.9 Å². The van der Waals surface area contributed by atoms with Gasteiger partial charge in [0.05, 0.1) is 7.11 Å². The lowest BCUT2D eigenvalue weighted by atomic mass is 10.2. The van der Waals surface area contributed by atoms with Gasteiger partial charge in [0.2, 0.25) is 0 Å². The Morgan fingerprint density at radius 1 is 1.32 bits per heavy atom. The summed E-state index contributed by atoms with van der Waals surface area (Å²) in [6.45, 7) is 5.20. The Balaban J connectivity index is 2.62. The fraction of sp³-hybridized carbons (Fsp3) is 0.471. The number of thioether (sulfide) groups is 1. The normalized spacial score (nSPS) is 11.8. The van der Waals surface area contributed by atoms with Crippen LogP contribution in [0.3, 0.4) is 0 Å². The lowest BCUT2D eigenvalue weighted by Crippen LogP contribution is -2.45. The number of hydrogen-bond donors (Lipinski definition) is 1. The van der Waals surface area contributed by atoms with Gasteiger partial charge in [-0.1, -0.05) is 12.1 Å². The molecule has 8 heteroatoms. The van der Waals surface area contributed by atoms with Gasteiger partial charge in [-0.15, -0.1) is 0 Å². The zero-order chi connectivity index (χ0) is 18.9. The highest BCUT2D eigenvalue weighted by atomic mass is 32.2. The van der Waals surface area contributed by atoms with Gasteiger partial charge in [0.1, 0.15) is 17.4 Å². The molecule has 1 amide bonds. The molecule has 0 aliphatic carbocycles. The van der Waals surface area contributed by atoms with Crippen molar-refractivity contribution in [2.75, 3.05) is 12.9 Å². The smallest absolute Gasteiger partial charge is 0.408 e. The van der Waals surface area contributed by atoms with Gasteiger partial charge in [-0.3, -0.25) is 4.79 Å². The summed E-state index contributed by atoms with van der Waals surface area (Å²) >= 11 is 1.47. The van der Waals surface area contributed by atoms with Crippen molar-refractivity contribution in [1.82, 2.24) is 5.32 Å². The summed E-state index contributed by atoms with van der Waals surface area (Å²) < 4.78 is 10.3. The average Bonchev–Trinajstić information content (AvgIpc) is 2.53. The van der Waals surface area contributed by atoms with E-state index in [1.165, 1.54) is 11.8 Å². The van der Waals surface area contributed by atoms with Crippen LogP contribution in [0.25, 0.3) is 5.53 Å². The molecule has 0 aliphatic rings. The maximum atomic E-state index is 12.0. The first-order chi connectivity index (χ1) is 11.7. The Morgan fingerprint density at radius 3 is 2.48 bits per heavy atom. The number of methoxy groups -OCH3 is 1. The third-order valence-corrected chi connectivity index (χ3v) is 4.04. The summed E-state index contributed by atoms with van der Waals surface area (Å²) in [7, 11) is 1.60. The van der Waals surface area contributed by atoms with Crippen LogP contribution >= 0.6 is 11.8 Å². The topological polar surface area (TPSA) is 101 Å². The summed E-state index contributed by atoms with van der Waals surface area (Å²) in [5, 5.41) is 2.51. The number of Topliss-reactive ketones (excluding diaryl/α,β-unsaturated/α-hetero) is 1. The molecule has 0 bridgehead atoms. The molecule has 0 fully saturated rings. The molecule has 1 atom stereocenters. The number of ether oxygens (including phenoxy) is 2. The Bertz CT molecular complexity index is 634. The van der Waals surface area contributed by atoms with Gasteiger partial charge < -0.3 is 20.3 Å². The van der Waals surface area contributed by atoms with Gasteiger partial charge in [0.15, 0.2) is 0 Å². The number of ketones is 1. The van der Waals surface area contributed by atoms with Crippen molar-refractivity contribution in [2.45, 2.75) is 38.2 Å². The van der Waals surface area contributed by atoms with E-state index in [2.05, 4.69) is 10.1 Å². The summed E-state index contributed by atoms with van der Waals surface area (Å²) in [6, 6.07) is 6.73. The van der Waals surface area contributed by atoms with Gasteiger partial charge >= 0.3 is 12.3 Å². The second-order valence-electron chi connectivity index (χ2n) is 6.21. The Kier molecular flexibility index (Phi) is 8.18. The zero-order valence-corrected chi connectivity index (χ0v) is 15.6. The molecule has 7 nitrogen and oxygen atoms in total. The number of hydrogen-bond acceptors (Lipinski definition) is 5. The van der Waals surface area contributed by atoms with Gasteiger partial charge in [-0.2, -0.15) is 16.6 Å². The number of nitrogens with zero attached hydrogens (tertiary/aromatic N) is 2. The number of nitrogens with one attached hydrogen (secondary N) is 1. The van der Waals surface area contributed by atoms with E-state index in [0.717, 1.165) is 17.5 Å². The highest BCUT2D eigenvalue weighted by molar-refractivity contribution is 7.98. The lowest BCUT2D eigenvalue weighted by molar-refractivity contribution is -0.117. The molecule has 1 aromatic rings. The minimum absolute atomic E-state index is 0.316. The summed E-state index contributed by atoms with van der Waals surface area (Å²) in [5.74, 6) is 1.24. The molecule has 0 saturated heterocycles. The second-order valence-corrected chi connectivity index (χ2v) is 7.24. The SMILES string of the molecule is COc1ccc(CSC[C@H](NC(=O)OC(C)(C)C)C(=O)C=[N+]=[N-])cc1. The Hall–Kier alpha value is -2.31. The Morgan fingerprint density at radius 2 is 1.96 bits per heavy atom. The van der Waals surface area contributed by atoms with Crippen molar-refractivity contribution in [3.8, 4) is 5.75 Å². The first-order valence-electron chi connectivity index (χ1n) is 7.66. The van der Waals surface area contributed by atoms with Crippen molar-refractivity contribution in [3.63, 3.8) is 0 Å². The van der Waals surface area contributed by atoms with Gasteiger partial charge in [-0.25, -0.2) is 4.79 Å². The molecule has 25 heavy (non-hydrogen) atoms. The van der Waals surface area contributed by atoms with Crippen LogP contribution in [0.5, 0.6) is 5.75 Å². The van der Waals surface area contributed by atoms with Crippen LogP contribution in [0.1, 0.15) is 26.3 Å². The number of carbonyl (C=O) groups is 2. The van der Waals surface area contributed by atoms with Crippen molar-refractivity contribution < 1.29 is 23.9 Å². The second kappa shape index (κ2) is 9.86. The standard InChI is InChI=1S/C17H23N3O4S/c1-17(2,3)24-16(22)20-14(15(21)9-19-18)11-25-10-12-5-7-13(23-4)8-6-12/h5-9,14H,10-11H2,1-4H3,(H,20,22)/t14-/m0/s1. The van der Waals surface area contributed by atoms with Crippen LogP contribution in [0.15, 0.2) is 24.3 Å². The van der Waals surface area contributed by atoms with Crippen molar-refractivity contribution in [2.24, 2.45) is 0 Å². The van der Waals surface area contributed by atoms with E-state index < -0.39 is 23.5 Å². The van der Waals surface area contributed by atoms with Gasteiger partial charge in [0.25, 0.3) is 5.78 Å². The first kappa shape index (κ1) is 20.7. The molecule has 0 radical (unpaired) electrons. The molecule has 0 spiro atoms. The van der Waals surface area contributed by atoms with Gasteiger partial charge in [-0.05, 0) is 38.5 Å². The van der Waals surface area contributed by atoms with Crippen molar-refractivity contribution in [1.29, 1.82) is 0 Å². The zero-order valence-electron chi connectivity index (χ0n) is 14.8. The van der Waals surface area contributed by atoms with Crippen molar-refractivity contribution in [3.05, 3.63) is 35.4 Å². The van der Waals surface area contributed by atoms with Crippen LogP contribution in [0, 0.1) is 0 Å². The minimum atomic E-state index is -0.839. The fourth-order valence-electron chi connectivity index (χ4n) is 1.81. The number of alkyl carbamates (subject to hydrolysis) is 1. The molecule has 0 saturated carbocycles. The third kappa shape index (κ3) is 8.37. The lowest BCUT2D eigenvalue weighted by Gasteiger charge is -2.22. The third-order valence-electron chi connectivity index (χ3n) is 2.93. The van der Waals surface area contributed by atoms with Crippen LogP contribution in [0.2, 0.25) is 0 Å². The number of benzene rings is 1. The molecule has 136 valence electrons. The van der Waals surface area contributed by atoms with E-state index in [0.29, 0.717) is 11.5 Å². The quantitative estimate of drug-likeness (QED) is 0.433. The van der Waals surface area contributed by atoms with E-state index in [9.17, 15) is 9.59 Å². The summed E-state index contributed by atoms with van der Waals surface area (Å²) in [5.41, 5.74) is 8.94. The summed E-state index contributed by atoms with van der Waals surface area (Å²) in [6.07, 6.45) is 0.0814. The highest BCUT2D eigenvalue weighted by Crippen LogP contribution is 2.17. The van der Waals surface area contributed by atoms with E-state index in [-0.39, 0.29) is 0 Å². The first-order valence-corrected chi connectivity index (χ1v) is 8.82. The monoisotopic (exact) mass is 365 g/mol. The average molecular weight is 365 g/mol. The maximum absolute atomic E-state index is 12.0. The molecule has 1 aromatic carbocycles. The molecule has 0 aromatic heterocycles. The van der Waals surface area contributed by atoms with Crippen LogP contribution in [-0.4, -0.2) is 47.4 Å². The Labute approximate surface area is 151 Å². The van der Waals surface area contributed by atoms with Crippen LogP contribution in [-0.2, 0) is 15.3 Å². The largest absolute Gasteiger partial charge is 0.497 e. The molecule has 0 aliphatic heterocycles. The van der Waals surface area contributed by atoms with Crippen LogP contribution < -0.4 is 10.1 Å². The van der Waals surface area contributed by atoms with E-state index >= 15 is 0 Å².